The Balaban J connectivity index is 1.19. The van der Waals surface area contributed by atoms with E-state index in [0.717, 1.165) is 5.56 Å². The van der Waals surface area contributed by atoms with Gasteiger partial charge in [-0.1, -0.05) is 6.07 Å². The molecule has 0 radical (unpaired) electrons. The summed E-state index contributed by atoms with van der Waals surface area (Å²) in [4.78, 5) is 38.9. The molecule has 0 spiro atoms. The Morgan fingerprint density at radius 2 is 1.83 bits per heavy atom. The Bertz CT molecular complexity index is 1180. The molecular weight excluding hydrogens is 466 g/mol. The van der Waals surface area contributed by atoms with Crippen molar-refractivity contribution in [3.63, 3.8) is 0 Å². The van der Waals surface area contributed by atoms with E-state index in [0.29, 0.717) is 47.9 Å². The number of hydrogen-bond donors (Lipinski definition) is 2. The summed E-state index contributed by atoms with van der Waals surface area (Å²) >= 11 is 0. The number of ether oxygens (including phenoxy) is 4. The zero-order chi connectivity index (χ0) is 25.2. The van der Waals surface area contributed by atoms with Crippen molar-refractivity contribution in [2.75, 3.05) is 25.8 Å². The highest BCUT2D eigenvalue weighted by atomic mass is 16.7. The van der Waals surface area contributed by atoms with E-state index in [1.165, 1.54) is 6.92 Å². The lowest BCUT2D eigenvalue weighted by Crippen LogP contribution is -2.53. The summed E-state index contributed by atoms with van der Waals surface area (Å²) < 4.78 is 22.9. The number of nitrogens with zero attached hydrogens (tertiary/aromatic N) is 1. The Morgan fingerprint density at radius 1 is 1.03 bits per heavy atom. The third-order valence-electron chi connectivity index (χ3n) is 6.67. The topological polar surface area (TPSA) is 115 Å². The minimum absolute atomic E-state index is 0.108. The van der Waals surface area contributed by atoms with Gasteiger partial charge in [-0.15, -0.1) is 0 Å². The van der Waals surface area contributed by atoms with Crippen LogP contribution in [0.15, 0.2) is 36.4 Å². The predicted molar refractivity (Wildman–Crippen MR) is 129 cm³/mol. The fourth-order valence-corrected chi connectivity index (χ4v) is 4.84. The van der Waals surface area contributed by atoms with Crippen molar-refractivity contribution in [2.45, 2.75) is 51.0 Å². The van der Waals surface area contributed by atoms with Crippen LogP contribution in [0.5, 0.6) is 17.2 Å². The van der Waals surface area contributed by atoms with E-state index in [9.17, 15) is 14.4 Å². The van der Waals surface area contributed by atoms with Crippen molar-refractivity contribution >= 4 is 23.4 Å². The molecule has 0 aliphatic carbocycles. The van der Waals surface area contributed by atoms with Crippen LogP contribution in [0.4, 0.5) is 5.69 Å². The molecule has 0 unspecified atom stereocenters. The molecule has 190 valence electrons. The van der Waals surface area contributed by atoms with Crippen LogP contribution in [0.3, 0.4) is 0 Å². The minimum Gasteiger partial charge on any atom is -0.490 e. The fourth-order valence-electron chi connectivity index (χ4n) is 4.84. The molecule has 2 N–H and O–H groups in total. The van der Waals surface area contributed by atoms with Gasteiger partial charge in [-0.3, -0.25) is 14.4 Å². The molecule has 5 rings (SSSR count). The number of benzene rings is 2. The number of amides is 3. The van der Waals surface area contributed by atoms with Gasteiger partial charge >= 0.3 is 0 Å². The highest BCUT2D eigenvalue weighted by molar-refractivity contribution is 5.99. The smallest absolute Gasteiger partial charge is 0.257 e. The lowest BCUT2D eigenvalue weighted by atomic mass is 9.94. The second kappa shape index (κ2) is 10.1. The number of fused-ring (bicyclic) bond motifs is 3. The Labute approximate surface area is 208 Å². The molecule has 3 atom stereocenters. The Kier molecular flexibility index (Phi) is 6.69. The molecule has 0 aromatic heterocycles. The van der Waals surface area contributed by atoms with Gasteiger partial charge in [0.1, 0.15) is 18.5 Å². The van der Waals surface area contributed by atoms with Crippen molar-refractivity contribution in [1.82, 2.24) is 10.2 Å². The molecule has 10 nitrogen and oxygen atoms in total. The summed E-state index contributed by atoms with van der Waals surface area (Å²) in [6, 6.07) is 10.4. The number of likely N-dealkylation sites (N-methyl/N-ethyl adjacent to an activating group) is 1. The van der Waals surface area contributed by atoms with Crippen molar-refractivity contribution in [3.8, 4) is 17.2 Å². The Morgan fingerprint density at radius 3 is 2.67 bits per heavy atom. The first-order valence-electron chi connectivity index (χ1n) is 12.0. The first kappa shape index (κ1) is 23.9. The lowest BCUT2D eigenvalue weighted by Gasteiger charge is -2.42. The zero-order valence-corrected chi connectivity index (χ0v) is 20.2. The van der Waals surface area contributed by atoms with E-state index in [4.69, 9.17) is 18.9 Å². The van der Waals surface area contributed by atoms with Crippen LogP contribution in [0.25, 0.3) is 0 Å². The molecule has 3 amide bonds. The Hall–Kier alpha value is -3.79. The number of carbonyl (C=O) groups excluding carboxylic acids is 3. The van der Waals surface area contributed by atoms with Crippen LogP contribution >= 0.6 is 0 Å². The van der Waals surface area contributed by atoms with Gasteiger partial charge in [0.05, 0.1) is 24.1 Å². The van der Waals surface area contributed by atoms with Crippen LogP contribution in [0.2, 0.25) is 0 Å². The van der Waals surface area contributed by atoms with Crippen molar-refractivity contribution in [1.29, 1.82) is 0 Å². The molecule has 1 fully saturated rings. The fraction of sp³-hybridized carbons (Fsp3) is 0.423. The molecule has 1 saturated heterocycles. The summed E-state index contributed by atoms with van der Waals surface area (Å²) in [5, 5.41) is 5.64. The second-order valence-corrected chi connectivity index (χ2v) is 9.23. The number of carbonyl (C=O) groups is 3. The zero-order valence-electron chi connectivity index (χ0n) is 20.2. The van der Waals surface area contributed by atoms with Gasteiger partial charge in [0.2, 0.25) is 18.6 Å². The van der Waals surface area contributed by atoms with Crippen LogP contribution in [-0.4, -0.2) is 61.3 Å². The van der Waals surface area contributed by atoms with E-state index >= 15 is 0 Å². The minimum atomic E-state index is -0.359. The lowest BCUT2D eigenvalue weighted by molar-refractivity contribution is -0.134. The summed E-state index contributed by atoms with van der Waals surface area (Å²) in [5.41, 5.74) is 1.86. The number of anilines is 1. The molecule has 10 heteroatoms. The third-order valence-corrected chi connectivity index (χ3v) is 6.67. The van der Waals surface area contributed by atoms with E-state index < -0.39 is 0 Å². The van der Waals surface area contributed by atoms with Crippen molar-refractivity contribution < 1.29 is 33.3 Å². The summed E-state index contributed by atoms with van der Waals surface area (Å²) in [5.74, 6) is 1.30. The maximum absolute atomic E-state index is 13.2. The van der Waals surface area contributed by atoms with Gasteiger partial charge in [0.25, 0.3) is 5.91 Å². The van der Waals surface area contributed by atoms with E-state index in [2.05, 4.69) is 10.6 Å². The quantitative estimate of drug-likeness (QED) is 0.655. The van der Waals surface area contributed by atoms with Crippen LogP contribution < -0.4 is 24.8 Å². The monoisotopic (exact) mass is 495 g/mol. The van der Waals surface area contributed by atoms with Gasteiger partial charge in [-0.2, -0.15) is 0 Å². The number of rotatable bonds is 5. The first-order valence-corrected chi connectivity index (χ1v) is 12.0. The van der Waals surface area contributed by atoms with Gasteiger partial charge in [0, 0.05) is 26.2 Å². The molecular formula is C26H29N3O7. The summed E-state index contributed by atoms with van der Waals surface area (Å²) in [7, 11) is 1.75. The molecule has 3 heterocycles. The summed E-state index contributed by atoms with van der Waals surface area (Å²) in [6.45, 7) is 2.26. The average Bonchev–Trinajstić information content (AvgIpc) is 3.33. The highest BCUT2D eigenvalue weighted by Crippen LogP contribution is 2.33. The molecule has 36 heavy (non-hydrogen) atoms. The third kappa shape index (κ3) is 5.08. The van der Waals surface area contributed by atoms with Gasteiger partial charge in [0.15, 0.2) is 11.5 Å². The standard InChI is InChI=1S/C26H29N3O7/c1-15(30)28-17-4-8-21-19(10-17)26(32)29(2)20-6-5-18(36-24(20)13-33-21)11-25(31)27-12-16-3-7-22-23(9-16)35-14-34-22/h3-4,7-10,18,20,24H,5-6,11-14H2,1-2H3,(H,27,31)(H,28,30)/t18-,20-,24-/m1/s1. The van der Waals surface area contributed by atoms with Crippen LogP contribution in [0.1, 0.15) is 42.1 Å². The predicted octanol–water partition coefficient (Wildman–Crippen LogP) is 2.46. The van der Waals surface area contributed by atoms with Crippen LogP contribution in [-0.2, 0) is 20.9 Å². The average molecular weight is 496 g/mol. The maximum atomic E-state index is 13.2. The highest BCUT2D eigenvalue weighted by Gasteiger charge is 2.39. The molecule has 3 aliphatic heterocycles. The van der Waals surface area contributed by atoms with Crippen molar-refractivity contribution in [3.05, 3.63) is 47.5 Å². The SMILES string of the molecule is CC(=O)Nc1ccc2c(c1)C(=O)N(C)[C@@H]1CC[C@H](CC(=O)NCc3ccc4c(c3)OCO4)O[C@@H]1CO2. The van der Waals surface area contributed by atoms with E-state index in [1.54, 1.807) is 30.1 Å². The van der Waals surface area contributed by atoms with Crippen LogP contribution in [0, 0.1) is 0 Å². The van der Waals surface area contributed by atoms with Gasteiger partial charge in [-0.25, -0.2) is 0 Å². The second-order valence-electron chi connectivity index (χ2n) is 9.23. The van der Waals surface area contributed by atoms with Crippen molar-refractivity contribution in [2.24, 2.45) is 0 Å². The van der Waals surface area contributed by atoms with Gasteiger partial charge in [-0.05, 0) is 48.7 Å². The summed E-state index contributed by atoms with van der Waals surface area (Å²) in [6.07, 6.45) is 0.937. The molecule has 2 aromatic carbocycles. The van der Waals surface area contributed by atoms with E-state index in [-0.39, 0.29) is 55.8 Å². The largest absolute Gasteiger partial charge is 0.490 e. The molecule has 0 saturated carbocycles. The maximum Gasteiger partial charge on any atom is 0.257 e. The first-order chi connectivity index (χ1) is 17.4. The molecule has 0 bridgehead atoms. The molecule has 3 aliphatic rings. The number of nitrogens with one attached hydrogen (secondary N) is 2. The molecule has 2 aromatic rings. The van der Waals surface area contributed by atoms with Gasteiger partial charge < -0.3 is 34.5 Å². The number of hydrogen-bond acceptors (Lipinski definition) is 7. The normalized spacial score (nSPS) is 22.4. The van der Waals surface area contributed by atoms with E-state index in [1.807, 2.05) is 18.2 Å².